The third-order valence-electron chi connectivity index (χ3n) is 3.29. The Bertz CT molecular complexity index is 838. The summed E-state index contributed by atoms with van der Waals surface area (Å²) < 4.78 is 27.8. The molecule has 5 nitrogen and oxygen atoms in total. The molecule has 0 fully saturated rings. The summed E-state index contributed by atoms with van der Waals surface area (Å²) in [7, 11) is 2.73. The van der Waals surface area contributed by atoms with Crippen molar-refractivity contribution in [2.75, 3.05) is 14.2 Å². The molecule has 0 atom stereocenters. The van der Waals surface area contributed by atoms with Crippen molar-refractivity contribution in [1.82, 2.24) is 0 Å². The topological polar surface area (TPSA) is 61.8 Å². The molecule has 0 radical (unpaired) electrons. The predicted molar refractivity (Wildman–Crippen MR) is 95.1 cm³/mol. The minimum atomic E-state index is -0.606. The zero-order valence-corrected chi connectivity index (χ0v) is 14.3. The molecule has 134 valence electrons. The van der Waals surface area contributed by atoms with E-state index in [9.17, 15) is 14.0 Å². The highest BCUT2D eigenvalue weighted by Gasteiger charge is 2.08. The van der Waals surface area contributed by atoms with Gasteiger partial charge in [0.1, 0.15) is 5.82 Å². The Kier molecular flexibility index (Phi) is 6.68. The first-order chi connectivity index (χ1) is 12.5. The maximum absolute atomic E-state index is 12.8. The Hall–Kier alpha value is -3.41. The van der Waals surface area contributed by atoms with Crippen molar-refractivity contribution in [2.24, 2.45) is 0 Å². The number of hydrogen-bond acceptors (Lipinski definition) is 5. The molecular weight excluding hydrogens is 339 g/mol. The van der Waals surface area contributed by atoms with E-state index in [-0.39, 0.29) is 11.6 Å². The Balaban J connectivity index is 2.08. The van der Waals surface area contributed by atoms with Crippen LogP contribution in [0.4, 0.5) is 4.39 Å². The molecule has 0 aliphatic heterocycles. The quantitative estimate of drug-likeness (QED) is 0.449. The van der Waals surface area contributed by atoms with Crippen molar-refractivity contribution in [3.8, 4) is 11.5 Å². The third-order valence-corrected chi connectivity index (χ3v) is 3.29. The number of hydrogen-bond donors (Lipinski definition) is 0. The molecule has 0 aromatic heterocycles. The van der Waals surface area contributed by atoms with E-state index in [1.54, 1.807) is 36.4 Å². The summed E-state index contributed by atoms with van der Waals surface area (Å²) >= 11 is 0. The van der Waals surface area contributed by atoms with Gasteiger partial charge in [-0.1, -0.05) is 18.2 Å². The minimum absolute atomic E-state index is 0.233. The van der Waals surface area contributed by atoms with Crippen molar-refractivity contribution in [3.05, 3.63) is 71.6 Å². The standard InChI is InChI=1S/C20H17FO5/c1-24-18-13-15(7-11-19(22)25-2)5-10-17(18)26-20(23)12-6-14-3-8-16(21)9-4-14/h3-13H,1-2H3/b11-7+,12-6+. The molecule has 26 heavy (non-hydrogen) atoms. The van der Waals surface area contributed by atoms with Crippen LogP contribution in [0.5, 0.6) is 11.5 Å². The van der Waals surface area contributed by atoms with Gasteiger partial charge >= 0.3 is 11.9 Å². The average Bonchev–Trinajstić information content (AvgIpc) is 2.66. The summed E-state index contributed by atoms with van der Waals surface area (Å²) in [4.78, 5) is 23.1. The van der Waals surface area contributed by atoms with Gasteiger partial charge in [-0.15, -0.1) is 0 Å². The van der Waals surface area contributed by atoms with Crippen molar-refractivity contribution >= 4 is 24.1 Å². The maximum atomic E-state index is 12.8. The van der Waals surface area contributed by atoms with E-state index in [4.69, 9.17) is 9.47 Å². The average molecular weight is 356 g/mol. The van der Waals surface area contributed by atoms with Crippen LogP contribution in [0.3, 0.4) is 0 Å². The first-order valence-electron chi connectivity index (χ1n) is 7.61. The van der Waals surface area contributed by atoms with E-state index in [0.29, 0.717) is 16.9 Å². The van der Waals surface area contributed by atoms with Crippen LogP contribution in [0.1, 0.15) is 11.1 Å². The molecule has 0 spiro atoms. The van der Waals surface area contributed by atoms with Crippen LogP contribution in [0, 0.1) is 5.82 Å². The number of carbonyl (C=O) groups is 2. The second-order valence-electron chi connectivity index (χ2n) is 5.07. The smallest absolute Gasteiger partial charge is 0.336 e. The van der Waals surface area contributed by atoms with Crippen LogP contribution in [-0.4, -0.2) is 26.2 Å². The first-order valence-corrected chi connectivity index (χ1v) is 7.61. The third kappa shape index (κ3) is 5.59. The number of esters is 2. The lowest BCUT2D eigenvalue weighted by molar-refractivity contribution is -0.134. The molecule has 0 N–H and O–H groups in total. The Morgan fingerprint density at radius 2 is 1.46 bits per heavy atom. The van der Waals surface area contributed by atoms with Gasteiger partial charge in [-0.05, 0) is 47.5 Å². The second-order valence-corrected chi connectivity index (χ2v) is 5.07. The van der Waals surface area contributed by atoms with Crippen LogP contribution in [-0.2, 0) is 14.3 Å². The zero-order valence-electron chi connectivity index (χ0n) is 14.3. The van der Waals surface area contributed by atoms with E-state index >= 15 is 0 Å². The van der Waals surface area contributed by atoms with Crippen molar-refractivity contribution < 1.29 is 28.2 Å². The van der Waals surface area contributed by atoms with E-state index in [1.165, 1.54) is 44.6 Å². The fourth-order valence-corrected chi connectivity index (χ4v) is 1.99. The summed E-state index contributed by atoms with van der Waals surface area (Å²) in [5, 5.41) is 0. The molecule has 0 bridgehead atoms. The van der Waals surface area contributed by atoms with E-state index in [2.05, 4.69) is 4.74 Å². The van der Waals surface area contributed by atoms with Crippen molar-refractivity contribution in [2.45, 2.75) is 0 Å². The molecule has 2 aromatic carbocycles. The number of halogens is 1. The highest BCUT2D eigenvalue weighted by molar-refractivity contribution is 5.89. The van der Waals surface area contributed by atoms with Crippen molar-refractivity contribution in [3.63, 3.8) is 0 Å². The van der Waals surface area contributed by atoms with Gasteiger partial charge in [0.2, 0.25) is 0 Å². The number of methoxy groups -OCH3 is 2. The van der Waals surface area contributed by atoms with Crippen LogP contribution >= 0.6 is 0 Å². The van der Waals surface area contributed by atoms with Crippen LogP contribution in [0.2, 0.25) is 0 Å². The number of rotatable bonds is 6. The molecule has 0 amide bonds. The van der Waals surface area contributed by atoms with Crippen LogP contribution in [0.15, 0.2) is 54.6 Å². The molecule has 6 heteroatoms. The number of ether oxygens (including phenoxy) is 3. The zero-order chi connectivity index (χ0) is 18.9. The lowest BCUT2D eigenvalue weighted by atomic mass is 10.2. The van der Waals surface area contributed by atoms with Gasteiger partial charge in [-0.25, -0.2) is 14.0 Å². The Morgan fingerprint density at radius 3 is 2.12 bits per heavy atom. The molecule has 0 aliphatic carbocycles. The van der Waals surface area contributed by atoms with Gasteiger partial charge in [-0.2, -0.15) is 0 Å². The number of carbonyl (C=O) groups excluding carboxylic acids is 2. The summed E-state index contributed by atoms with van der Waals surface area (Å²) in [6.07, 6.45) is 5.57. The lowest BCUT2D eigenvalue weighted by Gasteiger charge is -2.08. The van der Waals surface area contributed by atoms with Gasteiger partial charge in [0.05, 0.1) is 14.2 Å². The fraction of sp³-hybridized carbons (Fsp3) is 0.100. The van der Waals surface area contributed by atoms with Gasteiger partial charge in [0.15, 0.2) is 11.5 Å². The van der Waals surface area contributed by atoms with E-state index < -0.39 is 11.9 Å². The highest BCUT2D eigenvalue weighted by Crippen LogP contribution is 2.28. The summed E-state index contributed by atoms with van der Waals surface area (Å²) in [6.45, 7) is 0. The number of benzene rings is 2. The molecule has 2 rings (SSSR count). The molecule has 0 aliphatic rings. The Morgan fingerprint density at radius 1 is 0.846 bits per heavy atom. The maximum Gasteiger partial charge on any atom is 0.336 e. The molecular formula is C20H17FO5. The fourth-order valence-electron chi connectivity index (χ4n) is 1.99. The molecule has 0 saturated carbocycles. The monoisotopic (exact) mass is 356 g/mol. The minimum Gasteiger partial charge on any atom is -0.493 e. The van der Waals surface area contributed by atoms with Gasteiger partial charge in [0.25, 0.3) is 0 Å². The Labute approximate surface area is 150 Å². The van der Waals surface area contributed by atoms with Gasteiger partial charge in [-0.3, -0.25) is 0 Å². The van der Waals surface area contributed by atoms with Crippen LogP contribution in [0.25, 0.3) is 12.2 Å². The van der Waals surface area contributed by atoms with E-state index in [1.807, 2.05) is 0 Å². The molecule has 0 heterocycles. The normalized spacial score (nSPS) is 10.9. The second kappa shape index (κ2) is 9.17. The van der Waals surface area contributed by atoms with E-state index in [0.717, 1.165) is 0 Å². The highest BCUT2D eigenvalue weighted by atomic mass is 19.1. The summed E-state index contributed by atoms with van der Waals surface area (Å²) in [6, 6.07) is 10.5. The SMILES string of the molecule is COC(=O)/C=C/c1ccc(OC(=O)/C=C/c2ccc(F)cc2)c(OC)c1. The van der Waals surface area contributed by atoms with Crippen molar-refractivity contribution in [1.29, 1.82) is 0 Å². The first kappa shape index (κ1) is 18.9. The summed E-state index contributed by atoms with van der Waals surface area (Å²) in [5.74, 6) is -0.872. The lowest BCUT2D eigenvalue weighted by Crippen LogP contribution is -2.05. The molecule has 0 unspecified atom stereocenters. The van der Waals surface area contributed by atoms with Crippen LogP contribution < -0.4 is 9.47 Å². The molecule has 0 saturated heterocycles. The molecule has 2 aromatic rings. The van der Waals surface area contributed by atoms with Gasteiger partial charge < -0.3 is 14.2 Å². The summed E-state index contributed by atoms with van der Waals surface area (Å²) in [5.41, 5.74) is 1.34. The largest absolute Gasteiger partial charge is 0.493 e. The van der Waals surface area contributed by atoms with Gasteiger partial charge in [0, 0.05) is 12.2 Å². The predicted octanol–water partition coefficient (Wildman–Crippen LogP) is 3.64.